The molecule has 3 rings (SSSR count). The second-order valence-electron chi connectivity index (χ2n) is 6.98. The predicted octanol–water partition coefficient (Wildman–Crippen LogP) is 3.62. The first-order valence-corrected chi connectivity index (χ1v) is 7.20. The second-order valence-corrected chi connectivity index (χ2v) is 6.98. The van der Waals surface area contributed by atoms with Crippen LogP contribution in [0.5, 0.6) is 0 Å². The Morgan fingerprint density at radius 2 is 1.80 bits per heavy atom. The summed E-state index contributed by atoms with van der Waals surface area (Å²) in [6.45, 7) is 10.1. The van der Waals surface area contributed by atoms with Crippen molar-refractivity contribution in [3.8, 4) is 0 Å². The molecule has 0 saturated heterocycles. The smallest absolute Gasteiger partial charge is 0.257 e. The molecule has 2 N–H and O–H groups in total. The molecule has 3 nitrogen and oxygen atoms in total. The fraction of sp³-hybridized carbons (Fsp3) is 0.471. The van der Waals surface area contributed by atoms with Gasteiger partial charge in [0.05, 0.1) is 0 Å². The first-order valence-electron chi connectivity index (χ1n) is 7.20. The van der Waals surface area contributed by atoms with Crippen molar-refractivity contribution < 1.29 is 0 Å². The number of hydrogen-bond donors (Lipinski definition) is 2. The van der Waals surface area contributed by atoms with E-state index in [1.165, 1.54) is 0 Å². The summed E-state index contributed by atoms with van der Waals surface area (Å²) in [5.41, 5.74) is 0.689. The molecule has 0 amide bonds. The molecule has 0 atom stereocenters. The molecule has 1 aliphatic carbocycles. The van der Waals surface area contributed by atoms with E-state index in [1.807, 2.05) is 30.3 Å². The minimum absolute atomic E-state index is 0.0279. The van der Waals surface area contributed by atoms with E-state index < -0.39 is 0 Å². The van der Waals surface area contributed by atoms with Gasteiger partial charge in [-0.3, -0.25) is 4.79 Å². The van der Waals surface area contributed by atoms with Crippen LogP contribution in [-0.4, -0.2) is 11.5 Å². The average molecular weight is 270 g/mol. The third-order valence-corrected chi connectivity index (χ3v) is 5.57. The Morgan fingerprint density at radius 1 is 1.15 bits per heavy atom. The zero-order valence-electron chi connectivity index (χ0n) is 12.6. The van der Waals surface area contributed by atoms with Crippen LogP contribution < -0.4 is 10.9 Å². The van der Waals surface area contributed by atoms with E-state index in [2.05, 4.69) is 38.0 Å². The van der Waals surface area contributed by atoms with Gasteiger partial charge in [0.25, 0.3) is 5.56 Å². The standard InChI is InChI=1S/C17H22N2O/c1-16(2)13(17(16,3)4)10-18-14-9-11-7-5-6-8-12(11)15(20)19-14/h5-9,13H,10H2,1-4H3,(H2,18,19,20). The molecule has 0 aliphatic heterocycles. The second kappa shape index (κ2) is 4.11. The largest absolute Gasteiger partial charge is 0.371 e. The lowest BCUT2D eigenvalue weighted by Gasteiger charge is -2.08. The monoisotopic (exact) mass is 270 g/mol. The van der Waals surface area contributed by atoms with Crippen molar-refractivity contribution in [1.29, 1.82) is 0 Å². The van der Waals surface area contributed by atoms with Gasteiger partial charge in [-0.1, -0.05) is 45.9 Å². The normalized spacial score (nSPS) is 20.0. The molecule has 0 unspecified atom stereocenters. The summed E-state index contributed by atoms with van der Waals surface area (Å²) in [5, 5.41) is 5.12. The van der Waals surface area contributed by atoms with Gasteiger partial charge >= 0.3 is 0 Å². The summed E-state index contributed by atoms with van der Waals surface area (Å²) in [5.74, 6) is 1.44. The molecule has 106 valence electrons. The summed E-state index contributed by atoms with van der Waals surface area (Å²) in [4.78, 5) is 14.9. The van der Waals surface area contributed by atoms with Crippen LogP contribution in [0.1, 0.15) is 27.7 Å². The summed E-state index contributed by atoms with van der Waals surface area (Å²) < 4.78 is 0. The molecule has 1 saturated carbocycles. The summed E-state index contributed by atoms with van der Waals surface area (Å²) in [6, 6.07) is 9.68. The van der Waals surface area contributed by atoms with E-state index >= 15 is 0 Å². The molecule has 1 aliphatic rings. The Balaban J connectivity index is 1.81. The number of pyridine rings is 1. The van der Waals surface area contributed by atoms with Gasteiger partial charge in [0.15, 0.2) is 0 Å². The molecule has 0 bridgehead atoms. The summed E-state index contributed by atoms with van der Waals surface area (Å²) >= 11 is 0. The summed E-state index contributed by atoms with van der Waals surface area (Å²) in [7, 11) is 0. The molecule has 0 radical (unpaired) electrons. The van der Waals surface area contributed by atoms with Crippen LogP contribution in [0, 0.1) is 16.7 Å². The third-order valence-electron chi connectivity index (χ3n) is 5.57. The molecule has 1 heterocycles. The Hall–Kier alpha value is -1.77. The summed E-state index contributed by atoms with van der Waals surface area (Å²) in [6.07, 6.45) is 0. The highest BCUT2D eigenvalue weighted by Crippen LogP contribution is 2.68. The van der Waals surface area contributed by atoms with Gasteiger partial charge in [-0.15, -0.1) is 0 Å². The SMILES string of the molecule is CC1(C)C(CNc2cc3ccccc3c(=O)[nH]2)C1(C)C. The fourth-order valence-corrected chi connectivity index (χ4v) is 3.36. The van der Waals surface area contributed by atoms with E-state index in [1.54, 1.807) is 0 Å². The zero-order valence-corrected chi connectivity index (χ0v) is 12.6. The molecule has 1 fully saturated rings. The van der Waals surface area contributed by atoms with Gasteiger partial charge in [-0.05, 0) is 34.3 Å². The Bertz CT molecular complexity index is 698. The van der Waals surface area contributed by atoms with E-state index in [9.17, 15) is 4.79 Å². The topological polar surface area (TPSA) is 44.9 Å². The lowest BCUT2D eigenvalue weighted by Crippen LogP contribution is -2.14. The average Bonchev–Trinajstić information content (AvgIpc) is 2.77. The third kappa shape index (κ3) is 1.84. The highest BCUT2D eigenvalue weighted by Gasteiger charge is 2.64. The van der Waals surface area contributed by atoms with Crippen molar-refractivity contribution in [3.05, 3.63) is 40.7 Å². The van der Waals surface area contributed by atoms with E-state index in [0.717, 1.165) is 23.1 Å². The maximum absolute atomic E-state index is 12.0. The number of rotatable bonds is 3. The van der Waals surface area contributed by atoms with Crippen LogP contribution in [-0.2, 0) is 0 Å². The lowest BCUT2D eigenvalue weighted by molar-refractivity contribution is 0.457. The van der Waals surface area contributed by atoms with Crippen molar-refractivity contribution in [1.82, 2.24) is 4.98 Å². The number of nitrogens with one attached hydrogen (secondary N) is 2. The van der Waals surface area contributed by atoms with E-state index in [4.69, 9.17) is 0 Å². The molecular formula is C17H22N2O. The van der Waals surface area contributed by atoms with Crippen molar-refractivity contribution in [2.24, 2.45) is 16.7 Å². The molecule has 1 aromatic heterocycles. The predicted molar refractivity (Wildman–Crippen MR) is 84.1 cm³/mol. The Labute approximate surface area is 119 Å². The zero-order chi connectivity index (χ0) is 14.5. The van der Waals surface area contributed by atoms with Crippen molar-refractivity contribution >= 4 is 16.6 Å². The van der Waals surface area contributed by atoms with Gasteiger partial charge < -0.3 is 10.3 Å². The fourth-order valence-electron chi connectivity index (χ4n) is 3.36. The number of hydrogen-bond acceptors (Lipinski definition) is 2. The highest BCUT2D eigenvalue weighted by molar-refractivity contribution is 5.83. The van der Waals surface area contributed by atoms with Crippen molar-refractivity contribution in [3.63, 3.8) is 0 Å². The number of H-pyrrole nitrogens is 1. The van der Waals surface area contributed by atoms with Crippen LogP contribution in [0.3, 0.4) is 0 Å². The van der Waals surface area contributed by atoms with E-state index in [-0.39, 0.29) is 5.56 Å². The number of anilines is 1. The first kappa shape index (κ1) is 13.2. The number of benzene rings is 1. The molecule has 20 heavy (non-hydrogen) atoms. The Morgan fingerprint density at radius 3 is 2.45 bits per heavy atom. The Kier molecular flexibility index (Phi) is 2.72. The molecule has 3 heteroatoms. The van der Waals surface area contributed by atoms with Gasteiger partial charge in [0, 0.05) is 11.9 Å². The molecule has 0 spiro atoms. The highest BCUT2D eigenvalue weighted by atomic mass is 16.1. The number of fused-ring (bicyclic) bond motifs is 1. The van der Waals surface area contributed by atoms with Crippen LogP contribution in [0.25, 0.3) is 10.8 Å². The maximum atomic E-state index is 12.0. The van der Waals surface area contributed by atoms with Crippen LogP contribution in [0.2, 0.25) is 0 Å². The lowest BCUT2D eigenvalue weighted by atomic mass is 10.0. The molecule has 2 aromatic rings. The van der Waals surface area contributed by atoms with Crippen LogP contribution in [0.15, 0.2) is 35.1 Å². The number of aromatic nitrogens is 1. The molecular weight excluding hydrogens is 248 g/mol. The minimum Gasteiger partial charge on any atom is -0.371 e. The van der Waals surface area contributed by atoms with Gasteiger partial charge in [0.1, 0.15) is 5.82 Å². The quantitative estimate of drug-likeness (QED) is 0.894. The number of aromatic amines is 1. The maximum Gasteiger partial charge on any atom is 0.257 e. The first-order chi connectivity index (χ1) is 9.34. The van der Waals surface area contributed by atoms with Crippen molar-refractivity contribution in [2.45, 2.75) is 27.7 Å². The van der Waals surface area contributed by atoms with Gasteiger partial charge in [0.2, 0.25) is 0 Å². The van der Waals surface area contributed by atoms with Gasteiger partial charge in [-0.25, -0.2) is 0 Å². The van der Waals surface area contributed by atoms with E-state index in [0.29, 0.717) is 16.7 Å². The molecule has 1 aromatic carbocycles. The van der Waals surface area contributed by atoms with Crippen LogP contribution in [0.4, 0.5) is 5.82 Å². The minimum atomic E-state index is -0.0279. The van der Waals surface area contributed by atoms with Gasteiger partial charge in [-0.2, -0.15) is 0 Å². The van der Waals surface area contributed by atoms with Crippen LogP contribution >= 0.6 is 0 Å². The van der Waals surface area contributed by atoms with Crippen molar-refractivity contribution in [2.75, 3.05) is 11.9 Å².